The van der Waals surface area contributed by atoms with Crippen LogP contribution in [0.5, 0.6) is 0 Å². The number of hydrogen-bond acceptors (Lipinski definition) is 2. The number of hydrazone groups is 1. The largest absolute Gasteiger partial charge is 0.358 e. The van der Waals surface area contributed by atoms with Crippen molar-refractivity contribution in [2.75, 3.05) is 0 Å². The first kappa shape index (κ1) is 15.9. The summed E-state index contributed by atoms with van der Waals surface area (Å²) >= 11 is 5.93. The number of nitrogens with zero attached hydrogens (tertiary/aromatic N) is 1. The quantitative estimate of drug-likeness (QED) is 0.531. The molecular formula is C20H18ClN3O. The zero-order valence-electron chi connectivity index (χ0n) is 13.7. The van der Waals surface area contributed by atoms with Crippen molar-refractivity contribution in [3.05, 3.63) is 69.9 Å². The first-order valence-electron chi connectivity index (χ1n) is 8.43. The van der Waals surface area contributed by atoms with Gasteiger partial charge in [-0.15, -0.1) is 0 Å². The Balaban J connectivity index is 1.53. The fourth-order valence-corrected chi connectivity index (χ4v) is 3.56. The van der Waals surface area contributed by atoms with E-state index in [0.29, 0.717) is 10.6 Å². The molecule has 5 heteroatoms. The van der Waals surface area contributed by atoms with Gasteiger partial charge < -0.3 is 4.98 Å². The van der Waals surface area contributed by atoms with E-state index in [0.717, 1.165) is 29.3 Å². The van der Waals surface area contributed by atoms with Gasteiger partial charge in [-0.1, -0.05) is 23.7 Å². The van der Waals surface area contributed by atoms with Gasteiger partial charge in [0.2, 0.25) is 0 Å². The van der Waals surface area contributed by atoms with Crippen molar-refractivity contribution in [3.63, 3.8) is 0 Å². The molecule has 2 aromatic carbocycles. The van der Waals surface area contributed by atoms with Crippen LogP contribution in [0.1, 0.15) is 40.0 Å². The first-order valence-corrected chi connectivity index (χ1v) is 8.81. The molecule has 1 aliphatic rings. The predicted octanol–water partition coefficient (Wildman–Crippen LogP) is 4.46. The number of halogens is 1. The summed E-state index contributed by atoms with van der Waals surface area (Å²) in [6.07, 6.45) is 6.19. The lowest BCUT2D eigenvalue weighted by Crippen LogP contribution is -2.17. The molecule has 1 amide bonds. The van der Waals surface area contributed by atoms with E-state index in [1.54, 1.807) is 18.3 Å². The first-order chi connectivity index (χ1) is 12.2. The van der Waals surface area contributed by atoms with E-state index in [9.17, 15) is 4.79 Å². The molecule has 1 aliphatic carbocycles. The summed E-state index contributed by atoms with van der Waals surface area (Å²) in [5.41, 5.74) is 7.81. The van der Waals surface area contributed by atoms with Gasteiger partial charge in [0.15, 0.2) is 0 Å². The maximum atomic E-state index is 12.4. The highest BCUT2D eigenvalue weighted by Crippen LogP contribution is 2.29. The summed E-state index contributed by atoms with van der Waals surface area (Å²) in [5.74, 6) is -0.217. The van der Waals surface area contributed by atoms with E-state index in [2.05, 4.69) is 15.5 Å². The number of nitrogens with one attached hydrogen (secondary N) is 2. The number of carbonyl (C=O) groups excluding carboxylic acids is 1. The Kier molecular flexibility index (Phi) is 4.28. The number of rotatable bonds is 3. The minimum atomic E-state index is -0.217. The Morgan fingerprint density at radius 2 is 2.04 bits per heavy atom. The van der Waals surface area contributed by atoms with Gasteiger partial charge in [-0.2, -0.15) is 5.10 Å². The van der Waals surface area contributed by atoms with E-state index < -0.39 is 0 Å². The third-order valence-corrected chi connectivity index (χ3v) is 4.82. The molecule has 4 rings (SSSR count). The Morgan fingerprint density at radius 1 is 1.16 bits per heavy atom. The Labute approximate surface area is 150 Å². The number of fused-ring (bicyclic) bond motifs is 3. The fourth-order valence-electron chi connectivity index (χ4n) is 3.36. The number of carbonyl (C=O) groups is 1. The Hall–Kier alpha value is -2.59. The third-order valence-electron chi connectivity index (χ3n) is 4.59. The standard InChI is InChI=1S/C20H18ClN3O/c21-15-5-3-4-13(10-15)12-22-24-20(25)14-8-9-19-17(11-14)16-6-1-2-7-18(16)23-19/h3-5,8-12,23H,1-2,6-7H2,(H,24,25)/b22-12+. The molecule has 0 aliphatic heterocycles. The topological polar surface area (TPSA) is 57.2 Å². The van der Waals surface area contributed by atoms with E-state index >= 15 is 0 Å². The lowest BCUT2D eigenvalue weighted by molar-refractivity contribution is 0.0955. The van der Waals surface area contributed by atoms with Crippen LogP contribution in [0.3, 0.4) is 0 Å². The Morgan fingerprint density at radius 3 is 2.92 bits per heavy atom. The zero-order valence-corrected chi connectivity index (χ0v) is 14.4. The molecule has 2 N–H and O–H groups in total. The lowest BCUT2D eigenvalue weighted by Gasteiger charge is -2.10. The van der Waals surface area contributed by atoms with Crippen LogP contribution >= 0.6 is 11.6 Å². The van der Waals surface area contributed by atoms with Crippen LogP contribution in [0.25, 0.3) is 10.9 Å². The molecule has 0 saturated carbocycles. The van der Waals surface area contributed by atoms with Gasteiger partial charge in [0.05, 0.1) is 6.21 Å². The van der Waals surface area contributed by atoms with Crippen molar-refractivity contribution in [3.8, 4) is 0 Å². The second-order valence-electron chi connectivity index (χ2n) is 6.30. The van der Waals surface area contributed by atoms with Crippen molar-refractivity contribution < 1.29 is 4.79 Å². The van der Waals surface area contributed by atoms with Crippen molar-refractivity contribution in [2.45, 2.75) is 25.7 Å². The van der Waals surface area contributed by atoms with Gasteiger partial charge in [-0.05, 0) is 67.1 Å². The average molecular weight is 352 g/mol. The summed E-state index contributed by atoms with van der Waals surface area (Å²) < 4.78 is 0. The molecular weight excluding hydrogens is 334 g/mol. The minimum Gasteiger partial charge on any atom is -0.358 e. The van der Waals surface area contributed by atoms with Gasteiger partial charge in [-0.3, -0.25) is 4.79 Å². The fraction of sp³-hybridized carbons (Fsp3) is 0.200. The highest BCUT2D eigenvalue weighted by Gasteiger charge is 2.16. The van der Waals surface area contributed by atoms with Crippen molar-refractivity contribution >= 4 is 34.6 Å². The molecule has 0 unspecified atom stereocenters. The maximum Gasteiger partial charge on any atom is 0.271 e. The van der Waals surface area contributed by atoms with Crippen molar-refractivity contribution in [1.82, 2.24) is 10.4 Å². The van der Waals surface area contributed by atoms with Crippen LogP contribution in [0.15, 0.2) is 47.6 Å². The van der Waals surface area contributed by atoms with Crippen LogP contribution in [-0.4, -0.2) is 17.1 Å². The number of aromatic nitrogens is 1. The molecule has 0 atom stereocenters. The molecule has 0 radical (unpaired) electrons. The summed E-state index contributed by atoms with van der Waals surface area (Å²) in [4.78, 5) is 15.9. The molecule has 126 valence electrons. The van der Waals surface area contributed by atoms with Gasteiger partial charge in [0.25, 0.3) is 5.91 Å². The monoisotopic (exact) mass is 351 g/mol. The number of H-pyrrole nitrogens is 1. The van der Waals surface area contributed by atoms with Gasteiger partial charge in [-0.25, -0.2) is 5.43 Å². The minimum absolute atomic E-state index is 0.217. The number of aromatic amines is 1. The third kappa shape index (κ3) is 3.30. The molecule has 3 aromatic rings. The highest BCUT2D eigenvalue weighted by molar-refractivity contribution is 6.30. The van der Waals surface area contributed by atoms with Crippen LogP contribution in [0.2, 0.25) is 5.02 Å². The SMILES string of the molecule is O=C(N/N=C/c1cccc(Cl)c1)c1ccc2[nH]c3c(c2c1)CCCC3. The Bertz CT molecular complexity index is 974. The second-order valence-corrected chi connectivity index (χ2v) is 6.74. The molecule has 0 fully saturated rings. The van der Waals surface area contributed by atoms with Crippen LogP contribution in [0.4, 0.5) is 0 Å². The van der Waals surface area contributed by atoms with Crippen LogP contribution in [-0.2, 0) is 12.8 Å². The van der Waals surface area contributed by atoms with Crippen LogP contribution < -0.4 is 5.43 Å². The van der Waals surface area contributed by atoms with E-state index in [1.165, 1.54) is 24.1 Å². The molecule has 1 aromatic heterocycles. The number of aryl methyl sites for hydroxylation is 2. The molecule has 25 heavy (non-hydrogen) atoms. The molecule has 0 bridgehead atoms. The summed E-state index contributed by atoms with van der Waals surface area (Å²) in [6.45, 7) is 0. The molecule has 4 nitrogen and oxygen atoms in total. The highest BCUT2D eigenvalue weighted by atomic mass is 35.5. The number of amides is 1. The average Bonchev–Trinajstić information content (AvgIpc) is 2.99. The smallest absolute Gasteiger partial charge is 0.271 e. The summed E-state index contributed by atoms with van der Waals surface area (Å²) in [5, 5.41) is 5.81. The predicted molar refractivity (Wildman–Crippen MR) is 101 cm³/mol. The van der Waals surface area contributed by atoms with E-state index in [1.807, 2.05) is 30.3 Å². The lowest BCUT2D eigenvalue weighted by atomic mass is 9.95. The summed E-state index contributed by atoms with van der Waals surface area (Å²) in [6, 6.07) is 13.1. The number of hydrogen-bond donors (Lipinski definition) is 2. The maximum absolute atomic E-state index is 12.4. The van der Waals surface area contributed by atoms with Crippen molar-refractivity contribution in [2.24, 2.45) is 5.10 Å². The molecule has 1 heterocycles. The van der Waals surface area contributed by atoms with Crippen molar-refractivity contribution in [1.29, 1.82) is 0 Å². The molecule has 0 spiro atoms. The summed E-state index contributed by atoms with van der Waals surface area (Å²) in [7, 11) is 0. The number of benzene rings is 2. The van der Waals surface area contributed by atoms with Gasteiger partial charge >= 0.3 is 0 Å². The van der Waals surface area contributed by atoms with Gasteiger partial charge in [0.1, 0.15) is 0 Å². The normalized spacial score (nSPS) is 14.0. The zero-order chi connectivity index (χ0) is 17.2. The van der Waals surface area contributed by atoms with Gasteiger partial charge in [0, 0.05) is 27.2 Å². The van der Waals surface area contributed by atoms with E-state index in [4.69, 9.17) is 11.6 Å². The molecule has 0 saturated heterocycles. The van der Waals surface area contributed by atoms with E-state index in [-0.39, 0.29) is 5.91 Å². The second kappa shape index (κ2) is 6.73. The van der Waals surface area contributed by atoms with Crippen LogP contribution in [0, 0.1) is 0 Å².